The standard InChI is InChI=1S/C22H19ClN4O/c1-15(16-5-3-2-4-6-16)13-25-22(28)19-14-26-27-20(11-12-24-21(19)27)17-7-9-18(23)10-8-17/h2-12,14-15H,13H2,1H3,(H,25,28)/t15-/m0/s1. The molecule has 1 N–H and O–H groups in total. The van der Waals surface area contributed by atoms with Crippen molar-refractivity contribution in [2.75, 3.05) is 6.54 Å². The average molecular weight is 391 g/mol. The van der Waals surface area contributed by atoms with E-state index in [9.17, 15) is 4.79 Å². The molecule has 0 saturated heterocycles. The molecule has 1 amide bonds. The van der Waals surface area contributed by atoms with Gasteiger partial charge in [-0.05, 0) is 29.7 Å². The zero-order chi connectivity index (χ0) is 19.5. The molecule has 0 saturated carbocycles. The van der Waals surface area contributed by atoms with Crippen molar-refractivity contribution >= 4 is 23.2 Å². The highest BCUT2D eigenvalue weighted by Crippen LogP contribution is 2.23. The van der Waals surface area contributed by atoms with E-state index in [2.05, 4.69) is 34.5 Å². The van der Waals surface area contributed by atoms with Crippen LogP contribution in [0.1, 0.15) is 28.8 Å². The van der Waals surface area contributed by atoms with Crippen LogP contribution < -0.4 is 5.32 Å². The molecule has 4 rings (SSSR count). The first-order valence-electron chi connectivity index (χ1n) is 9.05. The van der Waals surface area contributed by atoms with Crippen LogP contribution in [0.3, 0.4) is 0 Å². The van der Waals surface area contributed by atoms with Gasteiger partial charge in [0.25, 0.3) is 5.91 Å². The summed E-state index contributed by atoms with van der Waals surface area (Å²) in [5, 5.41) is 8.05. The van der Waals surface area contributed by atoms with Crippen LogP contribution in [-0.4, -0.2) is 27.0 Å². The van der Waals surface area contributed by atoms with E-state index in [-0.39, 0.29) is 11.8 Å². The van der Waals surface area contributed by atoms with Gasteiger partial charge in [0.1, 0.15) is 5.56 Å². The number of aromatic nitrogens is 3. The fourth-order valence-corrected chi connectivity index (χ4v) is 3.26. The second kappa shape index (κ2) is 7.82. The molecule has 1 atom stereocenters. The third-order valence-corrected chi connectivity index (χ3v) is 4.98. The number of hydrogen-bond donors (Lipinski definition) is 1. The third-order valence-electron chi connectivity index (χ3n) is 4.72. The van der Waals surface area contributed by atoms with E-state index >= 15 is 0 Å². The summed E-state index contributed by atoms with van der Waals surface area (Å²) in [6.45, 7) is 2.62. The number of carbonyl (C=O) groups is 1. The van der Waals surface area contributed by atoms with Crippen molar-refractivity contribution in [3.05, 3.63) is 89.2 Å². The Bertz CT molecular complexity index is 1110. The predicted octanol–water partition coefficient (Wildman–Crippen LogP) is 4.58. The van der Waals surface area contributed by atoms with Crippen molar-refractivity contribution in [1.29, 1.82) is 0 Å². The lowest BCUT2D eigenvalue weighted by Crippen LogP contribution is -2.27. The SMILES string of the molecule is C[C@@H](CNC(=O)c1cnn2c(-c3ccc(Cl)cc3)ccnc12)c1ccccc1. The van der Waals surface area contributed by atoms with E-state index in [1.54, 1.807) is 16.9 Å². The molecule has 140 valence electrons. The van der Waals surface area contributed by atoms with Crippen molar-refractivity contribution in [1.82, 2.24) is 19.9 Å². The summed E-state index contributed by atoms with van der Waals surface area (Å²) < 4.78 is 1.68. The van der Waals surface area contributed by atoms with Crippen molar-refractivity contribution in [3.8, 4) is 11.3 Å². The second-order valence-corrected chi connectivity index (χ2v) is 7.09. The summed E-state index contributed by atoms with van der Waals surface area (Å²) in [5.41, 5.74) is 3.96. The van der Waals surface area contributed by atoms with E-state index in [4.69, 9.17) is 11.6 Å². The van der Waals surface area contributed by atoms with Gasteiger partial charge in [-0.2, -0.15) is 5.10 Å². The molecule has 2 aromatic carbocycles. The molecule has 0 aliphatic carbocycles. The minimum absolute atomic E-state index is 0.182. The molecule has 0 aliphatic rings. The van der Waals surface area contributed by atoms with E-state index in [1.165, 1.54) is 5.56 Å². The monoisotopic (exact) mass is 390 g/mol. The summed E-state index contributed by atoms with van der Waals surface area (Å²) in [6.07, 6.45) is 3.24. The molecule has 28 heavy (non-hydrogen) atoms. The van der Waals surface area contributed by atoms with E-state index in [1.807, 2.05) is 48.5 Å². The van der Waals surface area contributed by atoms with Crippen LogP contribution in [0.4, 0.5) is 0 Å². The first-order valence-corrected chi connectivity index (χ1v) is 9.43. The summed E-state index contributed by atoms with van der Waals surface area (Å²) in [6, 6.07) is 19.5. The maximum Gasteiger partial charge on any atom is 0.256 e. The number of fused-ring (bicyclic) bond motifs is 1. The van der Waals surface area contributed by atoms with Gasteiger partial charge < -0.3 is 5.32 Å². The first kappa shape index (κ1) is 18.2. The topological polar surface area (TPSA) is 59.3 Å². The van der Waals surface area contributed by atoms with Crippen LogP contribution in [0.15, 0.2) is 73.1 Å². The Morgan fingerprint density at radius 3 is 2.61 bits per heavy atom. The number of carbonyl (C=O) groups excluding carboxylic acids is 1. The molecule has 5 nitrogen and oxygen atoms in total. The third kappa shape index (κ3) is 3.62. The van der Waals surface area contributed by atoms with Gasteiger partial charge >= 0.3 is 0 Å². The van der Waals surface area contributed by atoms with Crippen LogP contribution in [0.2, 0.25) is 5.02 Å². The lowest BCUT2D eigenvalue weighted by molar-refractivity contribution is 0.0953. The van der Waals surface area contributed by atoms with Gasteiger partial charge in [-0.25, -0.2) is 9.50 Å². The largest absolute Gasteiger partial charge is 0.351 e. The minimum Gasteiger partial charge on any atom is -0.351 e. The summed E-state index contributed by atoms with van der Waals surface area (Å²) in [5.74, 6) is 0.0307. The first-order chi connectivity index (χ1) is 13.6. The summed E-state index contributed by atoms with van der Waals surface area (Å²) in [7, 11) is 0. The fraction of sp³-hybridized carbons (Fsp3) is 0.136. The molecule has 0 bridgehead atoms. The fourth-order valence-electron chi connectivity index (χ4n) is 3.13. The normalized spacial score (nSPS) is 12.1. The quantitative estimate of drug-likeness (QED) is 0.542. The van der Waals surface area contributed by atoms with Crippen LogP contribution in [0.25, 0.3) is 16.9 Å². The summed E-state index contributed by atoms with van der Waals surface area (Å²) in [4.78, 5) is 17.1. The minimum atomic E-state index is -0.182. The molecule has 2 aromatic heterocycles. The molecule has 0 fully saturated rings. The Morgan fingerprint density at radius 2 is 1.86 bits per heavy atom. The molecule has 0 unspecified atom stereocenters. The molecule has 0 aliphatic heterocycles. The molecule has 0 radical (unpaired) electrons. The van der Waals surface area contributed by atoms with Crippen LogP contribution in [0.5, 0.6) is 0 Å². The van der Waals surface area contributed by atoms with E-state index in [0.29, 0.717) is 22.8 Å². The Labute approximate surface area is 168 Å². The van der Waals surface area contributed by atoms with Crippen LogP contribution >= 0.6 is 11.6 Å². The van der Waals surface area contributed by atoms with Gasteiger partial charge in [0, 0.05) is 23.3 Å². The highest BCUT2D eigenvalue weighted by Gasteiger charge is 2.17. The maximum absolute atomic E-state index is 12.7. The Balaban J connectivity index is 1.57. The molecule has 0 spiro atoms. The van der Waals surface area contributed by atoms with Gasteiger partial charge in [0.2, 0.25) is 0 Å². The number of amides is 1. The van der Waals surface area contributed by atoms with Crippen molar-refractivity contribution in [2.45, 2.75) is 12.8 Å². The molecular weight excluding hydrogens is 372 g/mol. The van der Waals surface area contributed by atoms with Gasteiger partial charge in [-0.1, -0.05) is 61.0 Å². The number of nitrogens with one attached hydrogen (secondary N) is 1. The number of benzene rings is 2. The Kier molecular flexibility index (Phi) is 5.08. The highest BCUT2D eigenvalue weighted by atomic mass is 35.5. The maximum atomic E-state index is 12.7. The predicted molar refractivity (Wildman–Crippen MR) is 111 cm³/mol. The number of hydrogen-bond acceptors (Lipinski definition) is 3. The number of nitrogens with zero attached hydrogens (tertiary/aromatic N) is 3. The van der Waals surface area contributed by atoms with Crippen LogP contribution in [0, 0.1) is 0 Å². The number of rotatable bonds is 5. The molecule has 4 aromatic rings. The molecular formula is C22H19ClN4O. The average Bonchev–Trinajstić information content (AvgIpc) is 3.17. The molecule has 2 heterocycles. The Hall–Kier alpha value is -3.18. The summed E-state index contributed by atoms with van der Waals surface area (Å²) >= 11 is 5.98. The molecule has 6 heteroatoms. The van der Waals surface area contributed by atoms with Gasteiger partial charge in [-0.15, -0.1) is 0 Å². The van der Waals surface area contributed by atoms with Crippen molar-refractivity contribution in [2.24, 2.45) is 0 Å². The number of halogens is 1. The zero-order valence-corrected chi connectivity index (χ0v) is 16.1. The van der Waals surface area contributed by atoms with Gasteiger partial charge in [-0.3, -0.25) is 4.79 Å². The lowest BCUT2D eigenvalue weighted by atomic mass is 10.0. The van der Waals surface area contributed by atoms with E-state index in [0.717, 1.165) is 11.3 Å². The highest BCUT2D eigenvalue weighted by molar-refractivity contribution is 6.30. The Morgan fingerprint density at radius 1 is 1.11 bits per heavy atom. The van der Waals surface area contributed by atoms with Crippen LogP contribution in [-0.2, 0) is 0 Å². The lowest BCUT2D eigenvalue weighted by Gasteiger charge is -2.12. The smallest absolute Gasteiger partial charge is 0.256 e. The van der Waals surface area contributed by atoms with Crippen molar-refractivity contribution in [3.63, 3.8) is 0 Å². The van der Waals surface area contributed by atoms with Crippen molar-refractivity contribution < 1.29 is 4.79 Å². The zero-order valence-electron chi connectivity index (χ0n) is 15.3. The second-order valence-electron chi connectivity index (χ2n) is 6.65. The van der Waals surface area contributed by atoms with E-state index < -0.39 is 0 Å². The van der Waals surface area contributed by atoms with Gasteiger partial charge in [0.15, 0.2) is 5.65 Å². The van der Waals surface area contributed by atoms with Gasteiger partial charge in [0.05, 0.1) is 11.9 Å².